The van der Waals surface area contributed by atoms with Crippen molar-refractivity contribution in [3.05, 3.63) is 29.3 Å². The maximum atomic E-state index is 11.9. The molecule has 0 fully saturated rings. The molecule has 0 aromatic heterocycles. The van der Waals surface area contributed by atoms with Crippen LogP contribution in [0.15, 0.2) is 18.2 Å². The van der Waals surface area contributed by atoms with Crippen LogP contribution in [0.5, 0.6) is 0 Å². The number of carbonyl (C=O) groups is 2. The second-order valence-corrected chi connectivity index (χ2v) is 4.56. The van der Waals surface area contributed by atoms with Crippen LogP contribution in [0.2, 0.25) is 0 Å². The van der Waals surface area contributed by atoms with Crippen molar-refractivity contribution in [1.29, 1.82) is 0 Å². The van der Waals surface area contributed by atoms with Crippen LogP contribution in [0.3, 0.4) is 0 Å². The van der Waals surface area contributed by atoms with Gasteiger partial charge in [-0.15, -0.1) is 0 Å². The third-order valence-electron chi connectivity index (χ3n) is 3.17. The predicted octanol–water partition coefficient (Wildman–Crippen LogP) is 2.50. The molecular formula is C15H22N2O2. The Hall–Kier alpha value is -1.84. The van der Waals surface area contributed by atoms with E-state index in [1.807, 2.05) is 45.9 Å². The van der Waals surface area contributed by atoms with Crippen LogP contribution in [0.25, 0.3) is 0 Å². The molecule has 0 spiro atoms. The highest BCUT2D eigenvalue weighted by atomic mass is 16.2. The van der Waals surface area contributed by atoms with E-state index in [0.717, 1.165) is 16.8 Å². The van der Waals surface area contributed by atoms with E-state index in [-0.39, 0.29) is 18.2 Å². The van der Waals surface area contributed by atoms with Crippen molar-refractivity contribution >= 4 is 17.5 Å². The first-order valence-corrected chi connectivity index (χ1v) is 6.63. The maximum absolute atomic E-state index is 11.9. The lowest BCUT2D eigenvalue weighted by Crippen LogP contribution is -2.33. The highest BCUT2D eigenvalue weighted by molar-refractivity contribution is 6.04. The molecule has 0 heterocycles. The summed E-state index contributed by atoms with van der Waals surface area (Å²) in [6.45, 7) is 8.96. The monoisotopic (exact) mass is 262 g/mol. The first-order valence-electron chi connectivity index (χ1n) is 6.63. The Kier molecular flexibility index (Phi) is 5.55. The minimum atomic E-state index is -0.255. The lowest BCUT2D eigenvalue weighted by molar-refractivity contribution is -0.134. The average Bonchev–Trinajstić information content (AvgIpc) is 2.35. The van der Waals surface area contributed by atoms with E-state index in [1.54, 1.807) is 4.90 Å². The summed E-state index contributed by atoms with van der Waals surface area (Å²) in [6.07, 6.45) is -0.102. The molecule has 19 heavy (non-hydrogen) atoms. The maximum Gasteiger partial charge on any atom is 0.233 e. The minimum absolute atomic E-state index is 0.102. The zero-order chi connectivity index (χ0) is 14.4. The van der Waals surface area contributed by atoms with Crippen LogP contribution in [0.1, 0.15) is 31.4 Å². The molecule has 104 valence electrons. The Bertz CT molecular complexity index is 445. The topological polar surface area (TPSA) is 49.4 Å². The molecule has 0 saturated heterocycles. The number of aryl methyl sites for hydroxylation is 2. The van der Waals surface area contributed by atoms with Gasteiger partial charge in [0.2, 0.25) is 11.8 Å². The van der Waals surface area contributed by atoms with Crippen molar-refractivity contribution in [2.24, 2.45) is 0 Å². The standard InChI is InChI=1S/C15H22N2O2/c1-5-17(6-2)14(19)10-13(18)16-15-11(3)8-7-9-12(15)4/h7-9H,5-6,10H2,1-4H3,(H,16,18). The molecule has 0 radical (unpaired) electrons. The molecule has 4 nitrogen and oxygen atoms in total. The lowest BCUT2D eigenvalue weighted by atomic mass is 10.1. The molecule has 2 amide bonds. The van der Waals surface area contributed by atoms with Crippen molar-refractivity contribution in [1.82, 2.24) is 4.90 Å². The third-order valence-corrected chi connectivity index (χ3v) is 3.17. The van der Waals surface area contributed by atoms with Crippen molar-refractivity contribution in [3.63, 3.8) is 0 Å². The highest BCUT2D eigenvalue weighted by Gasteiger charge is 2.15. The largest absolute Gasteiger partial charge is 0.343 e. The number of hydrogen-bond donors (Lipinski definition) is 1. The summed E-state index contributed by atoms with van der Waals surface area (Å²) in [7, 11) is 0. The molecule has 1 aromatic carbocycles. The first-order chi connectivity index (χ1) is 8.99. The molecule has 0 bridgehead atoms. The fraction of sp³-hybridized carbons (Fsp3) is 0.467. The molecule has 0 aliphatic carbocycles. The number of para-hydroxylation sites is 1. The summed E-state index contributed by atoms with van der Waals surface area (Å²) in [5.74, 6) is -0.386. The van der Waals surface area contributed by atoms with Gasteiger partial charge in [0.05, 0.1) is 0 Å². The Morgan fingerprint density at radius 2 is 1.63 bits per heavy atom. The van der Waals surface area contributed by atoms with Gasteiger partial charge in [-0.05, 0) is 38.8 Å². The van der Waals surface area contributed by atoms with Crippen molar-refractivity contribution in [2.45, 2.75) is 34.1 Å². The molecule has 0 atom stereocenters. The van der Waals surface area contributed by atoms with E-state index < -0.39 is 0 Å². The number of amides is 2. The van der Waals surface area contributed by atoms with E-state index in [2.05, 4.69) is 5.32 Å². The Morgan fingerprint density at radius 1 is 1.11 bits per heavy atom. The van der Waals surface area contributed by atoms with Gasteiger partial charge in [0.15, 0.2) is 0 Å². The highest BCUT2D eigenvalue weighted by Crippen LogP contribution is 2.19. The molecule has 1 rings (SSSR count). The fourth-order valence-corrected chi connectivity index (χ4v) is 2.02. The summed E-state index contributed by atoms with van der Waals surface area (Å²) in [5.41, 5.74) is 2.81. The zero-order valence-electron chi connectivity index (χ0n) is 12.1. The molecule has 0 aliphatic rings. The summed E-state index contributed by atoms with van der Waals surface area (Å²) in [5, 5.41) is 2.83. The smallest absolute Gasteiger partial charge is 0.233 e. The van der Waals surface area contributed by atoms with Gasteiger partial charge in [0.25, 0.3) is 0 Å². The molecule has 0 aliphatic heterocycles. The Morgan fingerprint density at radius 3 is 2.11 bits per heavy atom. The molecule has 1 aromatic rings. The normalized spacial score (nSPS) is 10.1. The Balaban J connectivity index is 2.68. The lowest BCUT2D eigenvalue weighted by Gasteiger charge is -2.18. The van der Waals surface area contributed by atoms with E-state index >= 15 is 0 Å². The number of nitrogens with zero attached hydrogens (tertiary/aromatic N) is 1. The number of nitrogens with one attached hydrogen (secondary N) is 1. The number of anilines is 1. The third kappa shape index (κ3) is 4.09. The minimum Gasteiger partial charge on any atom is -0.343 e. The molecule has 1 N–H and O–H groups in total. The molecule has 0 unspecified atom stereocenters. The summed E-state index contributed by atoms with van der Waals surface area (Å²) >= 11 is 0. The summed E-state index contributed by atoms with van der Waals surface area (Å²) in [4.78, 5) is 25.4. The summed E-state index contributed by atoms with van der Waals surface area (Å²) in [6, 6.07) is 5.82. The van der Waals surface area contributed by atoms with Crippen molar-refractivity contribution in [3.8, 4) is 0 Å². The van der Waals surface area contributed by atoms with Gasteiger partial charge in [-0.3, -0.25) is 9.59 Å². The molecular weight excluding hydrogens is 240 g/mol. The van der Waals surface area contributed by atoms with Crippen LogP contribution < -0.4 is 5.32 Å². The van der Waals surface area contributed by atoms with Crippen LogP contribution in [-0.4, -0.2) is 29.8 Å². The van der Waals surface area contributed by atoms with Crippen LogP contribution in [0.4, 0.5) is 5.69 Å². The van der Waals surface area contributed by atoms with Gasteiger partial charge in [0, 0.05) is 18.8 Å². The average molecular weight is 262 g/mol. The number of hydrogen-bond acceptors (Lipinski definition) is 2. The van der Waals surface area contributed by atoms with Gasteiger partial charge in [-0.2, -0.15) is 0 Å². The van der Waals surface area contributed by atoms with Gasteiger partial charge in [-0.25, -0.2) is 0 Å². The van der Waals surface area contributed by atoms with E-state index in [1.165, 1.54) is 0 Å². The second kappa shape index (κ2) is 6.92. The van der Waals surface area contributed by atoms with Crippen molar-refractivity contribution < 1.29 is 9.59 Å². The van der Waals surface area contributed by atoms with Gasteiger partial charge < -0.3 is 10.2 Å². The zero-order valence-corrected chi connectivity index (χ0v) is 12.1. The number of carbonyl (C=O) groups excluding carboxylic acids is 2. The van der Waals surface area contributed by atoms with E-state index in [4.69, 9.17) is 0 Å². The van der Waals surface area contributed by atoms with Gasteiger partial charge in [-0.1, -0.05) is 18.2 Å². The fourth-order valence-electron chi connectivity index (χ4n) is 2.02. The Labute approximate surface area is 114 Å². The molecule has 4 heteroatoms. The predicted molar refractivity (Wildman–Crippen MR) is 77.1 cm³/mol. The number of benzene rings is 1. The van der Waals surface area contributed by atoms with Crippen LogP contribution in [0, 0.1) is 13.8 Å². The molecule has 0 saturated carbocycles. The van der Waals surface area contributed by atoms with E-state index in [0.29, 0.717) is 13.1 Å². The first kappa shape index (κ1) is 15.2. The van der Waals surface area contributed by atoms with Gasteiger partial charge >= 0.3 is 0 Å². The number of rotatable bonds is 5. The quantitative estimate of drug-likeness (QED) is 0.829. The van der Waals surface area contributed by atoms with Crippen LogP contribution in [-0.2, 0) is 9.59 Å². The van der Waals surface area contributed by atoms with Crippen molar-refractivity contribution in [2.75, 3.05) is 18.4 Å². The van der Waals surface area contributed by atoms with E-state index in [9.17, 15) is 9.59 Å². The summed E-state index contributed by atoms with van der Waals surface area (Å²) < 4.78 is 0. The SMILES string of the molecule is CCN(CC)C(=O)CC(=O)Nc1c(C)cccc1C. The second-order valence-electron chi connectivity index (χ2n) is 4.56. The van der Waals surface area contributed by atoms with Crippen LogP contribution >= 0.6 is 0 Å². The van der Waals surface area contributed by atoms with Gasteiger partial charge in [0.1, 0.15) is 6.42 Å².